The van der Waals surface area contributed by atoms with E-state index in [4.69, 9.17) is 21.8 Å². The van der Waals surface area contributed by atoms with Gasteiger partial charge in [0.05, 0.1) is 5.39 Å². The maximum Gasteiger partial charge on any atom is 0.192 e. The molecule has 0 aliphatic carbocycles. The Bertz CT molecular complexity index is 548. The van der Waals surface area contributed by atoms with Crippen LogP contribution in [-0.2, 0) is 6.42 Å². The van der Waals surface area contributed by atoms with Crippen LogP contribution in [0.1, 0.15) is 5.76 Å². The zero-order valence-corrected chi connectivity index (χ0v) is 8.75. The Morgan fingerprint density at radius 1 is 1.33 bits per heavy atom. The standard InChI is InChI=1S/C11H10ClNO2/c12-7-1-2-11-9(5-7)10(14)6-8(15-11)3-4-13/h1-2,5-6H,3-4,13H2. The van der Waals surface area contributed by atoms with E-state index >= 15 is 0 Å². The molecule has 4 heteroatoms. The SMILES string of the molecule is NCCc1cc(=O)c2cc(Cl)ccc2o1. The highest BCUT2D eigenvalue weighted by Gasteiger charge is 2.04. The molecule has 0 saturated carbocycles. The molecular weight excluding hydrogens is 214 g/mol. The summed E-state index contributed by atoms with van der Waals surface area (Å²) >= 11 is 5.79. The molecule has 1 aromatic heterocycles. The predicted octanol–water partition coefficient (Wildman–Crippen LogP) is 1.95. The molecule has 1 heterocycles. The topological polar surface area (TPSA) is 56.2 Å². The molecule has 0 unspecified atom stereocenters. The van der Waals surface area contributed by atoms with Crippen molar-refractivity contribution in [1.29, 1.82) is 0 Å². The molecule has 2 aromatic rings. The van der Waals surface area contributed by atoms with Crippen LogP contribution in [0.25, 0.3) is 11.0 Å². The van der Waals surface area contributed by atoms with Crippen molar-refractivity contribution < 1.29 is 4.42 Å². The van der Waals surface area contributed by atoms with Crippen LogP contribution >= 0.6 is 11.6 Å². The molecule has 1 aromatic carbocycles. The van der Waals surface area contributed by atoms with Crippen molar-refractivity contribution in [3.8, 4) is 0 Å². The number of nitrogens with two attached hydrogens (primary N) is 1. The van der Waals surface area contributed by atoms with Gasteiger partial charge in [0, 0.05) is 17.5 Å². The molecule has 15 heavy (non-hydrogen) atoms. The van der Waals surface area contributed by atoms with E-state index in [9.17, 15) is 4.79 Å². The van der Waals surface area contributed by atoms with Gasteiger partial charge >= 0.3 is 0 Å². The van der Waals surface area contributed by atoms with Crippen molar-refractivity contribution >= 4 is 22.6 Å². The minimum absolute atomic E-state index is 0.0813. The lowest BCUT2D eigenvalue weighted by Crippen LogP contribution is -2.07. The quantitative estimate of drug-likeness (QED) is 0.847. The zero-order chi connectivity index (χ0) is 10.8. The molecule has 0 bridgehead atoms. The van der Waals surface area contributed by atoms with Gasteiger partial charge in [0.25, 0.3) is 0 Å². The molecule has 0 fully saturated rings. The Hall–Kier alpha value is -1.32. The fourth-order valence-electron chi connectivity index (χ4n) is 1.44. The van der Waals surface area contributed by atoms with Gasteiger partial charge in [-0.15, -0.1) is 0 Å². The largest absolute Gasteiger partial charge is 0.461 e. The summed E-state index contributed by atoms with van der Waals surface area (Å²) in [6, 6.07) is 6.46. The van der Waals surface area contributed by atoms with Gasteiger partial charge in [0.15, 0.2) is 5.43 Å². The highest BCUT2D eigenvalue weighted by molar-refractivity contribution is 6.31. The van der Waals surface area contributed by atoms with Gasteiger partial charge in [-0.2, -0.15) is 0 Å². The first-order valence-electron chi connectivity index (χ1n) is 4.63. The smallest absolute Gasteiger partial charge is 0.192 e. The number of fused-ring (bicyclic) bond motifs is 1. The van der Waals surface area contributed by atoms with Crippen molar-refractivity contribution in [2.75, 3.05) is 6.54 Å². The predicted molar refractivity (Wildman–Crippen MR) is 60.3 cm³/mol. The fraction of sp³-hybridized carbons (Fsp3) is 0.182. The maximum atomic E-state index is 11.7. The lowest BCUT2D eigenvalue weighted by Gasteiger charge is -2.01. The Morgan fingerprint density at radius 3 is 2.87 bits per heavy atom. The van der Waals surface area contributed by atoms with Gasteiger partial charge in [0.1, 0.15) is 11.3 Å². The minimum atomic E-state index is -0.0813. The second kappa shape index (κ2) is 4.04. The molecule has 0 aliphatic rings. The van der Waals surface area contributed by atoms with E-state index in [2.05, 4.69) is 0 Å². The van der Waals surface area contributed by atoms with E-state index < -0.39 is 0 Å². The van der Waals surface area contributed by atoms with E-state index in [1.165, 1.54) is 6.07 Å². The fourth-order valence-corrected chi connectivity index (χ4v) is 1.62. The summed E-state index contributed by atoms with van der Waals surface area (Å²) in [5.41, 5.74) is 5.87. The molecule has 78 valence electrons. The lowest BCUT2D eigenvalue weighted by atomic mass is 10.2. The summed E-state index contributed by atoms with van der Waals surface area (Å²) in [6.45, 7) is 0.460. The van der Waals surface area contributed by atoms with E-state index in [0.717, 1.165) is 0 Å². The van der Waals surface area contributed by atoms with Gasteiger partial charge in [-0.25, -0.2) is 0 Å². The Labute approximate surface area is 91.5 Å². The molecule has 0 radical (unpaired) electrons. The Morgan fingerprint density at radius 2 is 2.13 bits per heavy atom. The molecule has 0 spiro atoms. The van der Waals surface area contributed by atoms with Crippen LogP contribution in [0.4, 0.5) is 0 Å². The van der Waals surface area contributed by atoms with Crippen LogP contribution in [0.15, 0.2) is 33.5 Å². The normalized spacial score (nSPS) is 10.8. The van der Waals surface area contributed by atoms with Crippen LogP contribution < -0.4 is 11.2 Å². The second-order valence-electron chi connectivity index (χ2n) is 3.26. The second-order valence-corrected chi connectivity index (χ2v) is 3.69. The zero-order valence-electron chi connectivity index (χ0n) is 8.00. The third-order valence-corrected chi connectivity index (χ3v) is 2.37. The summed E-state index contributed by atoms with van der Waals surface area (Å²) < 4.78 is 5.50. The van der Waals surface area contributed by atoms with Gasteiger partial charge in [-0.1, -0.05) is 11.6 Å². The average Bonchev–Trinajstić information content (AvgIpc) is 2.20. The van der Waals surface area contributed by atoms with Crippen molar-refractivity contribution in [3.63, 3.8) is 0 Å². The third-order valence-electron chi connectivity index (χ3n) is 2.13. The van der Waals surface area contributed by atoms with Crippen LogP contribution in [0, 0.1) is 0 Å². The molecular formula is C11H10ClNO2. The first-order chi connectivity index (χ1) is 7.20. The number of rotatable bonds is 2. The average molecular weight is 224 g/mol. The van der Waals surface area contributed by atoms with Crippen LogP contribution in [0.5, 0.6) is 0 Å². The van der Waals surface area contributed by atoms with Crippen molar-refractivity contribution in [1.82, 2.24) is 0 Å². The molecule has 3 nitrogen and oxygen atoms in total. The van der Waals surface area contributed by atoms with E-state index in [0.29, 0.717) is 34.7 Å². The van der Waals surface area contributed by atoms with Gasteiger partial charge in [-0.3, -0.25) is 4.79 Å². The summed E-state index contributed by atoms with van der Waals surface area (Å²) in [6.07, 6.45) is 0.563. The minimum Gasteiger partial charge on any atom is -0.461 e. The maximum absolute atomic E-state index is 11.7. The van der Waals surface area contributed by atoms with Gasteiger partial charge in [-0.05, 0) is 24.7 Å². The van der Waals surface area contributed by atoms with E-state index in [1.54, 1.807) is 18.2 Å². The summed E-state index contributed by atoms with van der Waals surface area (Å²) in [7, 11) is 0. The Balaban J connectivity index is 2.67. The molecule has 0 saturated heterocycles. The summed E-state index contributed by atoms with van der Waals surface area (Å²) in [4.78, 5) is 11.7. The molecule has 0 amide bonds. The first-order valence-corrected chi connectivity index (χ1v) is 5.01. The van der Waals surface area contributed by atoms with Crippen LogP contribution in [0.3, 0.4) is 0 Å². The van der Waals surface area contributed by atoms with Crippen LogP contribution in [0.2, 0.25) is 5.02 Å². The van der Waals surface area contributed by atoms with E-state index in [1.807, 2.05) is 0 Å². The third kappa shape index (κ3) is 2.03. The first kappa shape index (κ1) is 10.2. The summed E-state index contributed by atoms with van der Waals surface area (Å²) in [5, 5.41) is 1.03. The number of hydrogen-bond acceptors (Lipinski definition) is 3. The summed E-state index contributed by atoms with van der Waals surface area (Å²) in [5.74, 6) is 0.609. The molecule has 0 atom stereocenters. The highest BCUT2D eigenvalue weighted by atomic mass is 35.5. The highest BCUT2D eigenvalue weighted by Crippen LogP contribution is 2.17. The van der Waals surface area contributed by atoms with Crippen molar-refractivity contribution in [2.45, 2.75) is 6.42 Å². The number of hydrogen-bond donors (Lipinski definition) is 1. The van der Waals surface area contributed by atoms with Gasteiger partial charge in [0.2, 0.25) is 0 Å². The molecule has 2 N–H and O–H groups in total. The number of benzene rings is 1. The lowest BCUT2D eigenvalue weighted by molar-refractivity contribution is 0.537. The van der Waals surface area contributed by atoms with Crippen LogP contribution in [-0.4, -0.2) is 6.54 Å². The van der Waals surface area contributed by atoms with Crippen molar-refractivity contribution in [3.05, 3.63) is 45.3 Å². The molecule has 2 rings (SSSR count). The number of halogens is 1. The Kier molecular flexibility index (Phi) is 2.75. The van der Waals surface area contributed by atoms with E-state index in [-0.39, 0.29) is 5.43 Å². The monoisotopic (exact) mass is 223 g/mol. The van der Waals surface area contributed by atoms with Gasteiger partial charge < -0.3 is 10.2 Å². The van der Waals surface area contributed by atoms with Crippen molar-refractivity contribution in [2.24, 2.45) is 5.73 Å². The molecule has 0 aliphatic heterocycles.